The van der Waals surface area contributed by atoms with E-state index >= 15 is 0 Å². The van der Waals surface area contributed by atoms with E-state index in [-0.39, 0.29) is 10.8 Å². The largest absolute Gasteiger partial charge is 0.497 e. The standard InChI is InChI=1S/C15H17NO4S2/c1-4-9-16(22(17,18)15-6-5-10-21-15)13-8-7-12(19-2)11-14(13)20-3/h4-8,10-11H,1,9H2,2-3H3. The summed E-state index contributed by atoms with van der Waals surface area (Å²) in [5.74, 6) is 1.01. The maximum Gasteiger partial charge on any atom is 0.274 e. The second kappa shape index (κ2) is 6.85. The first-order valence-electron chi connectivity index (χ1n) is 6.43. The van der Waals surface area contributed by atoms with E-state index in [2.05, 4.69) is 6.58 Å². The van der Waals surface area contributed by atoms with E-state index in [1.807, 2.05) is 0 Å². The van der Waals surface area contributed by atoms with E-state index in [0.717, 1.165) is 0 Å². The normalized spacial score (nSPS) is 11.0. The predicted molar refractivity (Wildman–Crippen MR) is 88.6 cm³/mol. The van der Waals surface area contributed by atoms with Gasteiger partial charge in [0.05, 0.1) is 26.5 Å². The lowest BCUT2D eigenvalue weighted by atomic mass is 10.2. The van der Waals surface area contributed by atoms with E-state index in [9.17, 15) is 8.42 Å². The molecular formula is C15H17NO4S2. The average Bonchev–Trinajstić information content (AvgIpc) is 3.07. The number of ether oxygens (including phenoxy) is 2. The minimum Gasteiger partial charge on any atom is -0.497 e. The van der Waals surface area contributed by atoms with Gasteiger partial charge in [-0.3, -0.25) is 4.31 Å². The molecule has 0 aliphatic carbocycles. The maximum atomic E-state index is 12.8. The molecule has 0 radical (unpaired) electrons. The van der Waals surface area contributed by atoms with E-state index in [4.69, 9.17) is 9.47 Å². The van der Waals surface area contributed by atoms with Crippen molar-refractivity contribution in [2.45, 2.75) is 4.21 Å². The van der Waals surface area contributed by atoms with Gasteiger partial charge in [-0.05, 0) is 23.6 Å². The second-order valence-corrected chi connectivity index (χ2v) is 7.33. The first-order valence-corrected chi connectivity index (χ1v) is 8.75. The molecule has 0 N–H and O–H groups in total. The van der Waals surface area contributed by atoms with Crippen molar-refractivity contribution in [3.05, 3.63) is 48.4 Å². The minimum absolute atomic E-state index is 0.142. The molecule has 0 saturated heterocycles. The lowest BCUT2D eigenvalue weighted by Crippen LogP contribution is -2.31. The Morgan fingerprint density at radius 3 is 2.59 bits per heavy atom. The number of hydrogen-bond acceptors (Lipinski definition) is 5. The molecular weight excluding hydrogens is 322 g/mol. The quantitative estimate of drug-likeness (QED) is 0.727. The molecule has 118 valence electrons. The minimum atomic E-state index is -3.67. The summed E-state index contributed by atoms with van der Waals surface area (Å²) >= 11 is 1.17. The Morgan fingerprint density at radius 2 is 2.05 bits per heavy atom. The first-order chi connectivity index (χ1) is 10.5. The van der Waals surface area contributed by atoms with Gasteiger partial charge in [-0.2, -0.15) is 0 Å². The van der Waals surface area contributed by atoms with Gasteiger partial charge in [-0.15, -0.1) is 17.9 Å². The Hall–Kier alpha value is -1.99. The topological polar surface area (TPSA) is 55.8 Å². The molecule has 0 saturated carbocycles. The summed E-state index contributed by atoms with van der Waals surface area (Å²) in [6.07, 6.45) is 1.54. The average molecular weight is 339 g/mol. The molecule has 0 aliphatic rings. The zero-order valence-corrected chi connectivity index (χ0v) is 14.0. The third-order valence-electron chi connectivity index (χ3n) is 2.99. The molecule has 0 amide bonds. The van der Waals surface area contributed by atoms with E-state index < -0.39 is 10.0 Å². The van der Waals surface area contributed by atoms with Crippen molar-refractivity contribution in [3.8, 4) is 11.5 Å². The molecule has 0 aliphatic heterocycles. The van der Waals surface area contributed by atoms with Crippen molar-refractivity contribution in [1.29, 1.82) is 0 Å². The number of sulfonamides is 1. The van der Waals surface area contributed by atoms with Crippen molar-refractivity contribution in [3.63, 3.8) is 0 Å². The van der Waals surface area contributed by atoms with Gasteiger partial charge in [0, 0.05) is 6.07 Å². The summed E-state index contributed by atoms with van der Waals surface area (Å²) in [6, 6.07) is 8.28. The molecule has 1 heterocycles. The van der Waals surface area contributed by atoms with E-state index in [0.29, 0.717) is 17.2 Å². The Kier molecular flexibility index (Phi) is 5.10. The number of hydrogen-bond donors (Lipinski definition) is 0. The fourth-order valence-electron chi connectivity index (χ4n) is 1.95. The Balaban J connectivity index is 2.56. The summed E-state index contributed by atoms with van der Waals surface area (Å²) in [5, 5.41) is 1.73. The predicted octanol–water partition coefficient (Wildman–Crippen LogP) is 3.15. The molecule has 0 atom stereocenters. The summed E-state index contributed by atoms with van der Waals surface area (Å²) in [7, 11) is -0.637. The SMILES string of the molecule is C=CCN(c1ccc(OC)cc1OC)S(=O)(=O)c1cccs1. The number of anilines is 1. The highest BCUT2D eigenvalue weighted by molar-refractivity contribution is 7.94. The summed E-state index contributed by atoms with van der Waals surface area (Å²) in [4.78, 5) is 0. The van der Waals surface area contributed by atoms with Gasteiger partial charge in [0.25, 0.3) is 10.0 Å². The van der Waals surface area contributed by atoms with Gasteiger partial charge in [0.1, 0.15) is 15.7 Å². The van der Waals surface area contributed by atoms with Crippen LogP contribution in [0.25, 0.3) is 0 Å². The Bertz CT molecular complexity index is 739. The highest BCUT2D eigenvalue weighted by Crippen LogP contribution is 2.36. The van der Waals surface area contributed by atoms with Crippen LogP contribution in [0.15, 0.2) is 52.6 Å². The molecule has 1 aromatic carbocycles. The molecule has 0 bridgehead atoms. The smallest absolute Gasteiger partial charge is 0.274 e. The molecule has 7 heteroatoms. The molecule has 2 aromatic rings. The Labute approximate surface area is 134 Å². The van der Waals surface area contributed by atoms with Crippen molar-refractivity contribution < 1.29 is 17.9 Å². The second-order valence-electron chi connectivity index (χ2n) is 4.29. The lowest BCUT2D eigenvalue weighted by Gasteiger charge is -2.24. The van der Waals surface area contributed by atoms with Gasteiger partial charge in [-0.1, -0.05) is 12.1 Å². The first kappa shape index (κ1) is 16.4. The zero-order valence-electron chi connectivity index (χ0n) is 12.4. The van der Waals surface area contributed by atoms with Crippen LogP contribution in [-0.4, -0.2) is 29.2 Å². The van der Waals surface area contributed by atoms with Crippen LogP contribution in [0.1, 0.15) is 0 Å². The lowest BCUT2D eigenvalue weighted by molar-refractivity contribution is 0.395. The summed E-state index contributed by atoms with van der Waals surface area (Å²) in [6.45, 7) is 3.78. The van der Waals surface area contributed by atoms with Crippen molar-refractivity contribution in [1.82, 2.24) is 0 Å². The van der Waals surface area contributed by atoms with Crippen LogP contribution in [0.2, 0.25) is 0 Å². The fraction of sp³-hybridized carbons (Fsp3) is 0.200. The summed E-state index contributed by atoms with van der Waals surface area (Å²) < 4.78 is 37.6. The molecule has 1 aromatic heterocycles. The highest BCUT2D eigenvalue weighted by Gasteiger charge is 2.27. The summed E-state index contributed by atoms with van der Waals surface area (Å²) in [5.41, 5.74) is 0.441. The molecule has 0 fully saturated rings. The van der Waals surface area contributed by atoms with Crippen LogP contribution in [0.5, 0.6) is 11.5 Å². The van der Waals surface area contributed by atoms with Crippen LogP contribution >= 0.6 is 11.3 Å². The van der Waals surface area contributed by atoms with Crippen LogP contribution in [-0.2, 0) is 10.0 Å². The number of nitrogens with zero attached hydrogens (tertiary/aromatic N) is 1. The van der Waals surface area contributed by atoms with Crippen LogP contribution in [0, 0.1) is 0 Å². The molecule has 22 heavy (non-hydrogen) atoms. The van der Waals surface area contributed by atoms with Gasteiger partial charge < -0.3 is 9.47 Å². The molecule has 0 spiro atoms. The third-order valence-corrected chi connectivity index (χ3v) is 6.14. The van der Waals surface area contributed by atoms with Gasteiger partial charge in [-0.25, -0.2) is 8.42 Å². The van der Waals surface area contributed by atoms with Crippen LogP contribution < -0.4 is 13.8 Å². The number of thiophene rings is 1. The van der Waals surface area contributed by atoms with Crippen molar-refractivity contribution in [2.75, 3.05) is 25.1 Å². The molecule has 2 rings (SSSR count). The molecule has 5 nitrogen and oxygen atoms in total. The van der Waals surface area contributed by atoms with Crippen LogP contribution in [0.3, 0.4) is 0 Å². The Morgan fingerprint density at radius 1 is 1.27 bits per heavy atom. The van der Waals surface area contributed by atoms with Gasteiger partial charge >= 0.3 is 0 Å². The molecule has 0 unspecified atom stereocenters. The van der Waals surface area contributed by atoms with E-state index in [1.54, 1.807) is 42.8 Å². The number of benzene rings is 1. The number of methoxy groups -OCH3 is 2. The van der Waals surface area contributed by atoms with Crippen molar-refractivity contribution in [2.24, 2.45) is 0 Å². The van der Waals surface area contributed by atoms with Gasteiger partial charge in [0.2, 0.25) is 0 Å². The highest BCUT2D eigenvalue weighted by atomic mass is 32.2. The monoisotopic (exact) mass is 339 g/mol. The maximum absolute atomic E-state index is 12.8. The zero-order chi connectivity index (χ0) is 16.2. The third kappa shape index (κ3) is 3.10. The van der Waals surface area contributed by atoms with Crippen molar-refractivity contribution >= 4 is 27.0 Å². The van der Waals surface area contributed by atoms with E-state index in [1.165, 1.54) is 28.8 Å². The van der Waals surface area contributed by atoms with Gasteiger partial charge in [0.15, 0.2) is 0 Å². The van der Waals surface area contributed by atoms with Crippen LogP contribution in [0.4, 0.5) is 5.69 Å². The fourth-order valence-corrected chi connectivity index (χ4v) is 4.50. The number of rotatable bonds is 7.